The van der Waals surface area contributed by atoms with Crippen molar-refractivity contribution in [1.82, 2.24) is 0 Å². The average molecular weight is 407 g/mol. The van der Waals surface area contributed by atoms with Gasteiger partial charge in [-0.25, -0.2) is 0 Å². The lowest BCUT2D eigenvalue weighted by Crippen LogP contribution is -2.20. The highest BCUT2D eigenvalue weighted by atomic mass is 32.2. The predicted molar refractivity (Wildman–Crippen MR) is 116 cm³/mol. The molecule has 0 aliphatic carbocycles. The van der Waals surface area contributed by atoms with Crippen LogP contribution in [0.2, 0.25) is 0 Å². The minimum atomic E-state index is -3.95. The molecule has 2 atom stereocenters. The summed E-state index contributed by atoms with van der Waals surface area (Å²) in [5.74, 6) is 0. The molecule has 0 saturated heterocycles. The summed E-state index contributed by atoms with van der Waals surface area (Å²) < 4.78 is 32.7. The molecule has 0 heterocycles. The van der Waals surface area contributed by atoms with Crippen molar-refractivity contribution in [3.63, 3.8) is 0 Å². The highest BCUT2D eigenvalue weighted by Crippen LogP contribution is 2.19. The SMILES string of the molecule is CCCCCCCCCCCC(CCCCC(O)CCCCC)S(=O)(=O)O. The lowest BCUT2D eigenvalue weighted by Gasteiger charge is -2.15. The Morgan fingerprint density at radius 1 is 0.593 bits per heavy atom. The third-order valence-corrected chi connectivity index (χ3v) is 6.82. The van der Waals surface area contributed by atoms with Crippen molar-refractivity contribution in [2.24, 2.45) is 0 Å². The van der Waals surface area contributed by atoms with Gasteiger partial charge in [0, 0.05) is 0 Å². The summed E-state index contributed by atoms with van der Waals surface area (Å²) in [5, 5.41) is 9.30. The Hall–Kier alpha value is -0.130. The molecule has 0 radical (unpaired) electrons. The van der Waals surface area contributed by atoms with Crippen molar-refractivity contribution in [2.75, 3.05) is 0 Å². The van der Waals surface area contributed by atoms with E-state index in [1.807, 2.05) is 0 Å². The normalized spacial score (nSPS) is 14.4. The smallest absolute Gasteiger partial charge is 0.267 e. The number of hydrogen-bond acceptors (Lipinski definition) is 3. The quantitative estimate of drug-likeness (QED) is 0.175. The molecule has 27 heavy (non-hydrogen) atoms. The van der Waals surface area contributed by atoms with E-state index in [0.717, 1.165) is 64.2 Å². The zero-order valence-corrected chi connectivity index (χ0v) is 18.8. The number of aliphatic hydroxyl groups is 1. The van der Waals surface area contributed by atoms with E-state index in [4.69, 9.17) is 0 Å². The first-order chi connectivity index (χ1) is 12.9. The summed E-state index contributed by atoms with van der Waals surface area (Å²) in [6, 6.07) is 0. The molecule has 0 fully saturated rings. The third kappa shape index (κ3) is 17.7. The minimum Gasteiger partial charge on any atom is -0.393 e. The topological polar surface area (TPSA) is 74.6 Å². The van der Waals surface area contributed by atoms with E-state index < -0.39 is 15.4 Å². The van der Waals surface area contributed by atoms with Crippen LogP contribution in [-0.4, -0.2) is 29.4 Å². The van der Waals surface area contributed by atoms with Crippen LogP contribution in [0.15, 0.2) is 0 Å². The van der Waals surface area contributed by atoms with Gasteiger partial charge in [0.25, 0.3) is 10.1 Å². The lowest BCUT2D eigenvalue weighted by molar-refractivity contribution is 0.147. The van der Waals surface area contributed by atoms with Crippen LogP contribution in [0.4, 0.5) is 0 Å². The molecule has 0 aromatic heterocycles. The molecule has 0 aliphatic rings. The molecule has 5 heteroatoms. The molecule has 4 nitrogen and oxygen atoms in total. The van der Waals surface area contributed by atoms with Crippen LogP contribution in [0.1, 0.15) is 129 Å². The highest BCUT2D eigenvalue weighted by Gasteiger charge is 2.22. The van der Waals surface area contributed by atoms with Crippen LogP contribution < -0.4 is 0 Å². The third-order valence-electron chi connectivity index (χ3n) is 5.51. The first-order valence-corrected chi connectivity index (χ1v) is 13.1. The molecule has 0 aromatic rings. The molecule has 0 rings (SSSR count). The molecular weight excluding hydrogens is 360 g/mol. The predicted octanol–water partition coefficient (Wildman–Crippen LogP) is 6.67. The second kappa shape index (κ2) is 17.9. The fourth-order valence-electron chi connectivity index (χ4n) is 3.65. The van der Waals surface area contributed by atoms with Crippen molar-refractivity contribution in [3.8, 4) is 0 Å². The van der Waals surface area contributed by atoms with Crippen LogP contribution in [0.3, 0.4) is 0 Å². The number of hydrogen-bond donors (Lipinski definition) is 2. The molecule has 2 N–H and O–H groups in total. The molecule has 0 spiro atoms. The van der Waals surface area contributed by atoms with E-state index in [-0.39, 0.29) is 6.10 Å². The van der Waals surface area contributed by atoms with E-state index >= 15 is 0 Å². The molecule has 164 valence electrons. The maximum atomic E-state index is 11.6. The van der Waals surface area contributed by atoms with Crippen molar-refractivity contribution in [1.29, 1.82) is 0 Å². The van der Waals surface area contributed by atoms with E-state index in [1.54, 1.807) is 0 Å². The van der Waals surface area contributed by atoms with Gasteiger partial charge in [0.2, 0.25) is 0 Å². The summed E-state index contributed by atoms with van der Waals surface area (Å²) in [4.78, 5) is 0. The summed E-state index contributed by atoms with van der Waals surface area (Å²) in [5.41, 5.74) is 0. The van der Waals surface area contributed by atoms with Gasteiger partial charge in [-0.1, -0.05) is 104 Å². The average Bonchev–Trinajstić information content (AvgIpc) is 2.61. The van der Waals surface area contributed by atoms with Crippen molar-refractivity contribution >= 4 is 10.1 Å². The highest BCUT2D eigenvalue weighted by molar-refractivity contribution is 7.86. The first kappa shape index (κ1) is 26.9. The van der Waals surface area contributed by atoms with E-state index in [0.29, 0.717) is 12.8 Å². The minimum absolute atomic E-state index is 0.266. The van der Waals surface area contributed by atoms with Crippen LogP contribution in [0.25, 0.3) is 0 Å². The van der Waals surface area contributed by atoms with Gasteiger partial charge in [0.15, 0.2) is 0 Å². The van der Waals surface area contributed by atoms with Gasteiger partial charge in [-0.3, -0.25) is 4.55 Å². The Morgan fingerprint density at radius 3 is 1.41 bits per heavy atom. The Bertz CT molecular complexity index is 409. The van der Waals surface area contributed by atoms with Gasteiger partial charge in [0.1, 0.15) is 0 Å². The van der Waals surface area contributed by atoms with Crippen LogP contribution in [-0.2, 0) is 10.1 Å². The first-order valence-electron chi connectivity index (χ1n) is 11.6. The molecule has 0 bridgehead atoms. The van der Waals surface area contributed by atoms with Gasteiger partial charge < -0.3 is 5.11 Å². The van der Waals surface area contributed by atoms with Crippen LogP contribution >= 0.6 is 0 Å². The summed E-state index contributed by atoms with van der Waals surface area (Å²) >= 11 is 0. The number of unbranched alkanes of at least 4 members (excludes halogenated alkanes) is 11. The molecular formula is C22H46O4S. The lowest BCUT2D eigenvalue weighted by atomic mass is 10.0. The van der Waals surface area contributed by atoms with E-state index in [1.165, 1.54) is 38.5 Å². The Balaban J connectivity index is 3.81. The van der Waals surface area contributed by atoms with Crippen LogP contribution in [0, 0.1) is 0 Å². The van der Waals surface area contributed by atoms with Gasteiger partial charge in [-0.05, 0) is 25.7 Å². The van der Waals surface area contributed by atoms with Gasteiger partial charge >= 0.3 is 0 Å². The fourth-order valence-corrected chi connectivity index (χ4v) is 4.58. The zero-order chi connectivity index (χ0) is 20.4. The second-order valence-electron chi connectivity index (χ2n) is 8.19. The van der Waals surface area contributed by atoms with Gasteiger partial charge in [-0.15, -0.1) is 0 Å². The van der Waals surface area contributed by atoms with Gasteiger partial charge in [-0.2, -0.15) is 8.42 Å². The molecule has 0 saturated carbocycles. The Morgan fingerprint density at radius 2 is 0.926 bits per heavy atom. The summed E-state index contributed by atoms with van der Waals surface area (Å²) in [6.07, 6.45) is 18.2. The summed E-state index contributed by atoms with van der Waals surface area (Å²) in [7, 11) is -3.95. The number of aliphatic hydroxyl groups excluding tert-OH is 1. The maximum absolute atomic E-state index is 11.6. The summed E-state index contributed by atoms with van der Waals surface area (Å²) in [6.45, 7) is 4.37. The fraction of sp³-hybridized carbons (Fsp3) is 1.00. The standard InChI is InChI=1S/C22H46O4S/c1-3-5-7-8-9-10-11-12-14-19-22(27(24,25)26)20-16-15-18-21(23)17-13-6-4-2/h21-23H,3-20H2,1-2H3,(H,24,25,26). The molecule has 0 aromatic carbocycles. The number of rotatable bonds is 20. The molecule has 0 aliphatic heterocycles. The van der Waals surface area contributed by atoms with Gasteiger partial charge in [0.05, 0.1) is 11.4 Å². The molecule has 2 unspecified atom stereocenters. The van der Waals surface area contributed by atoms with E-state index in [2.05, 4.69) is 13.8 Å². The zero-order valence-electron chi connectivity index (χ0n) is 18.0. The van der Waals surface area contributed by atoms with Crippen LogP contribution in [0.5, 0.6) is 0 Å². The second-order valence-corrected chi connectivity index (χ2v) is 9.88. The van der Waals surface area contributed by atoms with Crippen molar-refractivity contribution in [3.05, 3.63) is 0 Å². The Kier molecular flexibility index (Phi) is 17.8. The monoisotopic (exact) mass is 406 g/mol. The van der Waals surface area contributed by atoms with Crippen molar-refractivity contribution in [2.45, 2.75) is 141 Å². The largest absolute Gasteiger partial charge is 0.393 e. The Labute approximate surface area is 169 Å². The van der Waals surface area contributed by atoms with E-state index in [9.17, 15) is 18.1 Å². The van der Waals surface area contributed by atoms with Crippen molar-refractivity contribution < 1.29 is 18.1 Å². The maximum Gasteiger partial charge on any atom is 0.267 e. The molecule has 0 amide bonds.